The lowest BCUT2D eigenvalue weighted by molar-refractivity contribution is -0.0931. The molecule has 0 aliphatic carbocycles. The molecule has 0 saturated carbocycles. The van der Waals surface area contributed by atoms with Crippen molar-refractivity contribution in [2.75, 3.05) is 41.5 Å². The third kappa shape index (κ3) is 10.2. The van der Waals surface area contributed by atoms with Crippen LogP contribution in [0.1, 0.15) is 76.1 Å². The van der Waals surface area contributed by atoms with Crippen LogP contribution in [0.3, 0.4) is 0 Å². The van der Waals surface area contributed by atoms with Crippen molar-refractivity contribution in [3.63, 3.8) is 0 Å². The molecule has 15 nitrogen and oxygen atoms in total. The van der Waals surface area contributed by atoms with Gasteiger partial charge in [-0.3, -0.25) is 9.78 Å². The highest BCUT2D eigenvalue weighted by atomic mass is 31.2. The van der Waals surface area contributed by atoms with Crippen molar-refractivity contribution < 1.29 is 28.0 Å². The number of hydrogen-bond acceptors (Lipinski definition) is 12. The van der Waals surface area contributed by atoms with E-state index in [1.807, 2.05) is 93.0 Å². The Morgan fingerprint density at radius 2 is 1.60 bits per heavy atom. The van der Waals surface area contributed by atoms with Crippen LogP contribution < -0.4 is 15.0 Å². The summed E-state index contributed by atoms with van der Waals surface area (Å²) in [5.74, 6) is 7.35. The van der Waals surface area contributed by atoms with Crippen LogP contribution in [0.4, 0.5) is 5.95 Å². The van der Waals surface area contributed by atoms with Crippen LogP contribution in [0.2, 0.25) is 0 Å². The van der Waals surface area contributed by atoms with Gasteiger partial charge in [-0.15, -0.1) is 0 Å². The molecule has 1 saturated heterocycles. The highest BCUT2D eigenvalue weighted by Crippen LogP contribution is 2.51. The third-order valence-electron chi connectivity index (χ3n) is 10.2. The van der Waals surface area contributed by atoms with Crippen LogP contribution in [0.25, 0.3) is 11.0 Å². The van der Waals surface area contributed by atoms with Crippen molar-refractivity contribution in [1.29, 1.82) is 5.26 Å². The second kappa shape index (κ2) is 21.0. The average molecular weight is 863 g/mol. The number of benzene rings is 3. The molecule has 2 aromatic heterocycles. The summed E-state index contributed by atoms with van der Waals surface area (Å²) in [5.41, 5.74) is 1.52. The summed E-state index contributed by atoms with van der Waals surface area (Å²) >= 11 is 0. The van der Waals surface area contributed by atoms with Crippen LogP contribution in [-0.2, 0) is 24.1 Å². The molecule has 0 bridgehead atoms. The van der Waals surface area contributed by atoms with Crippen molar-refractivity contribution in [2.24, 2.45) is 4.99 Å². The minimum absolute atomic E-state index is 0.0338. The van der Waals surface area contributed by atoms with Gasteiger partial charge in [-0.05, 0) is 81.5 Å². The average Bonchev–Trinajstić information content (AvgIpc) is 3.84. The van der Waals surface area contributed by atoms with Crippen LogP contribution in [0.5, 0.6) is 11.5 Å². The van der Waals surface area contributed by atoms with Crippen molar-refractivity contribution in [2.45, 2.75) is 83.6 Å². The van der Waals surface area contributed by atoms with Gasteiger partial charge in [-0.1, -0.05) is 60.5 Å². The third-order valence-corrected chi connectivity index (χ3v) is 12.3. The summed E-state index contributed by atoms with van der Waals surface area (Å²) in [6.07, 6.45) is -0.0811. The first-order valence-corrected chi connectivity index (χ1v) is 21.6. The van der Waals surface area contributed by atoms with Gasteiger partial charge >= 0.3 is 0 Å². The van der Waals surface area contributed by atoms with E-state index in [9.17, 15) is 10.1 Å². The maximum Gasteiger partial charge on any atom is 0.264 e. The lowest BCUT2D eigenvalue weighted by atomic mass is 9.80. The zero-order valence-electron chi connectivity index (χ0n) is 36.7. The van der Waals surface area contributed by atoms with Gasteiger partial charge in [-0.2, -0.15) is 15.3 Å². The maximum absolute atomic E-state index is 13.6. The molecule has 1 fully saturated rings. The number of hydrogen-bond donors (Lipinski definition) is 1. The molecule has 3 aromatic carbocycles. The Kier molecular flexibility index (Phi) is 15.5. The number of ether oxygens (including phenoxy) is 4. The molecular formula is C46H55N8O7P. The first kappa shape index (κ1) is 45.9. The predicted molar refractivity (Wildman–Crippen MR) is 239 cm³/mol. The highest BCUT2D eigenvalue weighted by Gasteiger charge is 2.45. The number of methoxy groups -OCH3 is 2. The van der Waals surface area contributed by atoms with E-state index in [1.54, 1.807) is 37.1 Å². The van der Waals surface area contributed by atoms with Gasteiger partial charge in [0.25, 0.3) is 14.1 Å². The van der Waals surface area contributed by atoms with Crippen LogP contribution in [0, 0.1) is 23.2 Å². The molecule has 5 aromatic rings. The van der Waals surface area contributed by atoms with Crippen LogP contribution in [-0.4, -0.2) is 101 Å². The summed E-state index contributed by atoms with van der Waals surface area (Å²) < 4.78 is 42.7. The Morgan fingerprint density at radius 3 is 2.15 bits per heavy atom. The number of aromatic nitrogens is 4. The Labute approximate surface area is 364 Å². The molecule has 6 rings (SSSR count). The molecular weight excluding hydrogens is 808 g/mol. The normalized spacial score (nSPS) is 17.1. The zero-order valence-corrected chi connectivity index (χ0v) is 37.6. The number of H-pyrrole nitrogens is 1. The number of nitrogens with one attached hydrogen (secondary N) is 1. The predicted octanol–water partition coefficient (Wildman–Crippen LogP) is 7.69. The Balaban J connectivity index is 1.49. The smallest absolute Gasteiger partial charge is 0.264 e. The quantitative estimate of drug-likeness (QED) is 0.0216. The molecule has 0 amide bonds. The van der Waals surface area contributed by atoms with E-state index in [0.717, 1.165) is 16.7 Å². The summed E-state index contributed by atoms with van der Waals surface area (Å²) in [6.45, 7) is 10.3. The second-order valence-electron chi connectivity index (χ2n) is 15.3. The largest absolute Gasteiger partial charge is 0.497 e. The topological polar surface area (TPSA) is 162 Å². The summed E-state index contributed by atoms with van der Waals surface area (Å²) in [6, 6.07) is 28.0. The monoisotopic (exact) mass is 862 g/mol. The number of fused-ring (bicyclic) bond motifs is 1. The number of aromatic amines is 1. The molecule has 16 heteroatoms. The molecule has 2 unspecified atom stereocenters. The first-order valence-electron chi connectivity index (χ1n) is 20.5. The molecule has 326 valence electrons. The van der Waals surface area contributed by atoms with Gasteiger partial charge in [0.1, 0.15) is 28.6 Å². The molecule has 1 N–H and O–H groups in total. The van der Waals surface area contributed by atoms with E-state index in [1.165, 1.54) is 0 Å². The fraction of sp³-hybridized carbons (Fsp3) is 0.413. The summed E-state index contributed by atoms with van der Waals surface area (Å²) in [5, 5.41) is 14.5. The van der Waals surface area contributed by atoms with E-state index >= 15 is 0 Å². The van der Waals surface area contributed by atoms with E-state index < -0.39 is 38.1 Å². The van der Waals surface area contributed by atoms with Crippen LogP contribution in [0.15, 0.2) is 88.6 Å². The maximum atomic E-state index is 13.6. The van der Waals surface area contributed by atoms with Crippen molar-refractivity contribution >= 4 is 31.8 Å². The van der Waals surface area contributed by atoms with Crippen molar-refractivity contribution in [3.05, 3.63) is 112 Å². The molecule has 62 heavy (non-hydrogen) atoms. The minimum Gasteiger partial charge on any atom is -0.497 e. The van der Waals surface area contributed by atoms with Gasteiger partial charge in [0.15, 0.2) is 17.6 Å². The Bertz CT molecular complexity index is 2380. The van der Waals surface area contributed by atoms with Crippen LogP contribution >= 0.6 is 8.53 Å². The van der Waals surface area contributed by atoms with E-state index in [0.29, 0.717) is 11.5 Å². The molecule has 0 radical (unpaired) electrons. The van der Waals surface area contributed by atoms with E-state index in [4.69, 9.17) is 38.1 Å². The fourth-order valence-corrected chi connectivity index (χ4v) is 9.23. The number of aliphatic imine (C=N–C) groups is 1. The first-order chi connectivity index (χ1) is 29.9. The SMILES string of the molecule is CC#Cc1nn([C@H]2CC(OP(OCCC#N)N(C(C)C)C(C)C)[C@@H](COC(c3ccccc3)(c3ccc(OC)cc3)c3ccc(OC)cc3)O2)c2nc(/N=C/N(C)C)[nH]c(=O)c12. The van der Waals surface area contributed by atoms with E-state index in [-0.39, 0.29) is 60.8 Å². The van der Waals surface area contributed by atoms with Crippen molar-refractivity contribution in [1.82, 2.24) is 29.3 Å². The van der Waals surface area contributed by atoms with Gasteiger partial charge < -0.3 is 32.9 Å². The van der Waals surface area contributed by atoms with E-state index in [2.05, 4.69) is 60.3 Å². The second-order valence-corrected chi connectivity index (χ2v) is 16.7. The fourth-order valence-electron chi connectivity index (χ4n) is 7.47. The standard InChI is InChI=1S/C46H55N8O7P/c1-10-15-38-42-43(49-45(50-44(42)55)48-30-52(6)7)53(51-38)41-28-39(61-62(59-27-14-26-47)54(31(2)3)32(4)5)40(60-41)29-58-46(33-16-12-11-13-17-33,34-18-22-36(56-8)23-19-34)35-20-24-37(57-9)25-21-35/h11-13,16-25,30-32,39-41H,14,27-29H2,1-9H3,(H,49,50,55)/b48-30+/t39?,40-,41-,62?/m1/s1. The lowest BCUT2D eigenvalue weighted by Gasteiger charge is -2.39. The molecule has 3 heterocycles. The molecule has 1 aliphatic heterocycles. The minimum atomic E-state index is -1.71. The Hall–Kier alpha value is -5.64. The number of nitriles is 1. The highest BCUT2D eigenvalue weighted by molar-refractivity contribution is 7.44. The molecule has 1 aliphatic rings. The molecule has 4 atom stereocenters. The van der Waals surface area contributed by atoms with Crippen molar-refractivity contribution in [3.8, 4) is 29.4 Å². The Morgan fingerprint density at radius 1 is 0.984 bits per heavy atom. The lowest BCUT2D eigenvalue weighted by Crippen LogP contribution is -2.39. The van der Waals surface area contributed by atoms with Gasteiger partial charge in [0.05, 0.1) is 52.4 Å². The number of nitrogens with zero attached hydrogens (tertiary/aromatic N) is 7. The van der Waals surface area contributed by atoms with Gasteiger partial charge in [0.2, 0.25) is 5.95 Å². The van der Waals surface area contributed by atoms with Gasteiger partial charge in [0, 0.05) is 32.6 Å². The zero-order chi connectivity index (χ0) is 44.4. The molecule has 0 spiro atoms. The van der Waals surface area contributed by atoms with Gasteiger partial charge in [-0.25, -0.2) is 14.3 Å². The summed E-state index contributed by atoms with van der Waals surface area (Å²) in [7, 11) is 5.21. The number of rotatable bonds is 19. The summed E-state index contributed by atoms with van der Waals surface area (Å²) in [4.78, 5) is 27.2.